The number of rotatable bonds is 3. The molecule has 0 atom stereocenters. The molecule has 5 rings (SSSR count). The van der Waals surface area contributed by atoms with Gasteiger partial charge in [0.25, 0.3) is 5.91 Å². The van der Waals surface area contributed by atoms with Crippen LogP contribution in [0.25, 0.3) is 21.6 Å². The molecule has 3 heterocycles. The molecule has 5 nitrogen and oxygen atoms in total. The van der Waals surface area contributed by atoms with E-state index in [4.69, 9.17) is 0 Å². The van der Waals surface area contributed by atoms with Crippen LogP contribution < -0.4 is 5.32 Å². The van der Waals surface area contributed by atoms with Crippen LogP contribution >= 0.6 is 22.7 Å². The zero-order valence-electron chi connectivity index (χ0n) is 13.9. The number of benzene rings is 1. The van der Waals surface area contributed by atoms with Crippen molar-refractivity contribution in [2.45, 2.75) is 25.7 Å². The Hall–Kier alpha value is -2.51. The summed E-state index contributed by atoms with van der Waals surface area (Å²) in [5, 5.41) is 7.33. The summed E-state index contributed by atoms with van der Waals surface area (Å²) < 4.78 is 0. The minimum absolute atomic E-state index is 0.199. The van der Waals surface area contributed by atoms with E-state index in [0.29, 0.717) is 10.8 Å². The van der Waals surface area contributed by atoms with Gasteiger partial charge in [-0.05, 0) is 37.8 Å². The van der Waals surface area contributed by atoms with Crippen LogP contribution in [0.2, 0.25) is 0 Å². The Morgan fingerprint density at radius 2 is 2.04 bits per heavy atom. The number of aromatic amines is 1. The van der Waals surface area contributed by atoms with Crippen molar-refractivity contribution in [3.05, 3.63) is 52.0 Å². The molecule has 26 heavy (non-hydrogen) atoms. The molecule has 7 heteroatoms. The highest BCUT2D eigenvalue weighted by molar-refractivity contribution is 7.16. The molecule has 0 unspecified atom stereocenters. The average molecular weight is 380 g/mol. The number of hydrogen-bond acceptors (Lipinski definition) is 5. The second-order valence-electron chi connectivity index (χ2n) is 6.36. The lowest BCUT2D eigenvalue weighted by Gasteiger charge is -2.06. The van der Waals surface area contributed by atoms with E-state index in [0.717, 1.165) is 40.1 Å². The van der Waals surface area contributed by atoms with Crippen molar-refractivity contribution in [1.82, 2.24) is 15.0 Å². The smallest absolute Gasteiger partial charge is 0.276 e. The molecule has 1 amide bonds. The molecule has 0 bridgehead atoms. The van der Waals surface area contributed by atoms with Crippen LogP contribution in [0, 0.1) is 0 Å². The number of carbonyl (C=O) groups excluding carboxylic acids is 1. The first-order valence-corrected chi connectivity index (χ1v) is 10.3. The first-order valence-electron chi connectivity index (χ1n) is 8.60. The molecule has 0 fully saturated rings. The number of nitrogens with zero attached hydrogens (tertiary/aromatic N) is 2. The van der Waals surface area contributed by atoms with Gasteiger partial charge in [-0.3, -0.25) is 10.1 Å². The van der Waals surface area contributed by atoms with Crippen molar-refractivity contribution in [2.75, 3.05) is 5.32 Å². The number of fused-ring (bicyclic) bond motifs is 2. The summed E-state index contributed by atoms with van der Waals surface area (Å²) in [4.78, 5) is 26.3. The first-order chi connectivity index (χ1) is 12.8. The van der Waals surface area contributed by atoms with Crippen molar-refractivity contribution < 1.29 is 4.79 Å². The van der Waals surface area contributed by atoms with E-state index < -0.39 is 0 Å². The summed E-state index contributed by atoms with van der Waals surface area (Å²) in [5.41, 5.74) is 3.57. The predicted octanol–water partition coefficient (Wildman–Crippen LogP) is 4.88. The minimum Gasteiger partial charge on any atom is -0.353 e. The third-order valence-electron chi connectivity index (χ3n) is 4.56. The third kappa shape index (κ3) is 2.83. The first kappa shape index (κ1) is 15.7. The highest BCUT2D eigenvalue weighted by Gasteiger charge is 2.18. The molecule has 1 aliphatic rings. The molecule has 2 N–H and O–H groups in total. The fourth-order valence-corrected chi connectivity index (χ4v) is 5.07. The summed E-state index contributed by atoms with van der Waals surface area (Å²) in [6.07, 6.45) is 4.49. The van der Waals surface area contributed by atoms with Gasteiger partial charge in [0.15, 0.2) is 5.13 Å². The number of carbonyl (C=O) groups is 1. The van der Waals surface area contributed by atoms with Crippen LogP contribution in [0.4, 0.5) is 5.13 Å². The van der Waals surface area contributed by atoms with Gasteiger partial charge in [0.1, 0.15) is 10.7 Å². The quantitative estimate of drug-likeness (QED) is 0.532. The van der Waals surface area contributed by atoms with E-state index >= 15 is 0 Å². The van der Waals surface area contributed by atoms with Gasteiger partial charge in [-0.15, -0.1) is 22.7 Å². The Bertz CT molecular complexity index is 1050. The number of para-hydroxylation sites is 1. The van der Waals surface area contributed by atoms with Gasteiger partial charge in [-0.2, -0.15) is 0 Å². The third-order valence-corrected chi connectivity index (χ3v) is 6.51. The molecule has 0 saturated carbocycles. The number of anilines is 1. The number of nitrogens with one attached hydrogen (secondary N) is 2. The molecule has 3 aromatic heterocycles. The van der Waals surface area contributed by atoms with Crippen LogP contribution in [0.1, 0.15) is 33.9 Å². The van der Waals surface area contributed by atoms with Crippen molar-refractivity contribution in [2.24, 2.45) is 0 Å². The highest BCUT2D eigenvalue weighted by atomic mass is 32.1. The lowest BCUT2D eigenvalue weighted by atomic mass is 10.0. The predicted molar refractivity (Wildman–Crippen MR) is 106 cm³/mol. The molecular weight excluding hydrogens is 364 g/mol. The molecule has 130 valence electrons. The molecular formula is C19H16N4OS2. The Morgan fingerprint density at radius 1 is 1.15 bits per heavy atom. The molecule has 1 aromatic carbocycles. The number of aromatic nitrogens is 3. The Kier molecular flexibility index (Phi) is 3.83. The van der Waals surface area contributed by atoms with E-state index in [2.05, 4.69) is 32.4 Å². The number of thiazole rings is 2. The van der Waals surface area contributed by atoms with Gasteiger partial charge in [0, 0.05) is 21.2 Å². The average Bonchev–Trinajstić information content (AvgIpc) is 3.37. The largest absolute Gasteiger partial charge is 0.353 e. The van der Waals surface area contributed by atoms with E-state index in [1.807, 2.05) is 18.2 Å². The molecule has 0 aliphatic heterocycles. The highest BCUT2D eigenvalue weighted by Crippen LogP contribution is 2.30. The van der Waals surface area contributed by atoms with E-state index in [1.54, 1.807) is 16.7 Å². The summed E-state index contributed by atoms with van der Waals surface area (Å²) >= 11 is 3.05. The zero-order valence-corrected chi connectivity index (χ0v) is 15.5. The van der Waals surface area contributed by atoms with Gasteiger partial charge in [0.2, 0.25) is 0 Å². The Morgan fingerprint density at radius 3 is 2.92 bits per heavy atom. The maximum absolute atomic E-state index is 12.5. The van der Waals surface area contributed by atoms with Crippen molar-refractivity contribution >= 4 is 44.6 Å². The maximum atomic E-state index is 12.5. The van der Waals surface area contributed by atoms with E-state index in [1.165, 1.54) is 29.1 Å². The fraction of sp³-hybridized carbons (Fsp3) is 0.211. The van der Waals surface area contributed by atoms with Crippen molar-refractivity contribution in [1.29, 1.82) is 0 Å². The van der Waals surface area contributed by atoms with Crippen LogP contribution in [0.5, 0.6) is 0 Å². The lowest BCUT2D eigenvalue weighted by Crippen LogP contribution is -2.12. The van der Waals surface area contributed by atoms with Gasteiger partial charge in [0.05, 0.1) is 11.4 Å². The van der Waals surface area contributed by atoms with Crippen molar-refractivity contribution in [3.63, 3.8) is 0 Å². The summed E-state index contributed by atoms with van der Waals surface area (Å²) in [7, 11) is 0. The monoisotopic (exact) mass is 380 g/mol. The van der Waals surface area contributed by atoms with Gasteiger partial charge >= 0.3 is 0 Å². The molecule has 0 radical (unpaired) electrons. The number of aryl methyl sites for hydroxylation is 2. The van der Waals surface area contributed by atoms with Crippen LogP contribution in [0.15, 0.2) is 35.7 Å². The van der Waals surface area contributed by atoms with E-state index in [9.17, 15) is 4.79 Å². The van der Waals surface area contributed by atoms with E-state index in [-0.39, 0.29) is 5.91 Å². The minimum atomic E-state index is -0.199. The summed E-state index contributed by atoms with van der Waals surface area (Å²) in [6.45, 7) is 0. The lowest BCUT2D eigenvalue weighted by molar-refractivity contribution is 0.102. The summed E-state index contributed by atoms with van der Waals surface area (Å²) in [5.74, 6) is -0.199. The standard InChI is InChI=1S/C19H16N4OS2/c24-17(23-19-22-13-7-3-4-8-16(13)26-19)15-10-25-18(21-15)14-9-11-5-1-2-6-12(11)20-14/h1-2,5-6,9-10,20H,3-4,7-8H2,(H,22,23,24). The molecule has 4 aromatic rings. The van der Waals surface area contributed by atoms with Crippen LogP contribution in [0.3, 0.4) is 0 Å². The zero-order chi connectivity index (χ0) is 17.5. The Labute approximate surface area is 158 Å². The van der Waals surface area contributed by atoms with Crippen LogP contribution in [-0.2, 0) is 12.8 Å². The number of H-pyrrole nitrogens is 1. The van der Waals surface area contributed by atoms with Crippen LogP contribution in [-0.4, -0.2) is 20.9 Å². The molecule has 0 spiro atoms. The molecule has 0 saturated heterocycles. The number of hydrogen-bond donors (Lipinski definition) is 2. The molecule has 1 aliphatic carbocycles. The maximum Gasteiger partial charge on any atom is 0.276 e. The van der Waals surface area contributed by atoms with Crippen molar-refractivity contribution in [3.8, 4) is 10.7 Å². The summed E-state index contributed by atoms with van der Waals surface area (Å²) in [6, 6.07) is 10.2. The van der Waals surface area contributed by atoms with Gasteiger partial charge in [-0.1, -0.05) is 18.2 Å². The fourth-order valence-electron chi connectivity index (χ4n) is 3.26. The topological polar surface area (TPSA) is 70.7 Å². The normalized spacial score (nSPS) is 13.7. The Balaban J connectivity index is 1.37. The number of amides is 1. The second-order valence-corrected chi connectivity index (χ2v) is 8.30. The van der Waals surface area contributed by atoms with Gasteiger partial charge in [-0.25, -0.2) is 9.97 Å². The van der Waals surface area contributed by atoms with Gasteiger partial charge < -0.3 is 4.98 Å². The SMILES string of the molecule is O=C(Nc1nc2c(s1)CCCC2)c1csc(-c2cc3ccccc3[nH]2)n1. The second kappa shape index (κ2) is 6.34.